The first-order valence-corrected chi connectivity index (χ1v) is 6.22. The van der Waals surface area contributed by atoms with E-state index in [4.69, 9.17) is 0 Å². The summed E-state index contributed by atoms with van der Waals surface area (Å²) in [6, 6.07) is 3.53. The molecule has 0 radical (unpaired) electrons. The van der Waals surface area contributed by atoms with Gasteiger partial charge < -0.3 is 0 Å². The first kappa shape index (κ1) is 11.5. The van der Waals surface area contributed by atoms with Crippen molar-refractivity contribution in [2.45, 2.75) is 19.3 Å². The molecule has 0 saturated carbocycles. The number of piperidine rings is 1. The maximum atomic E-state index is 11.8. The molecule has 4 nitrogen and oxygen atoms in total. The van der Waals surface area contributed by atoms with Crippen LogP contribution in [0.3, 0.4) is 0 Å². The van der Waals surface area contributed by atoms with Crippen LogP contribution in [0.1, 0.15) is 29.8 Å². The van der Waals surface area contributed by atoms with Crippen molar-refractivity contribution in [2.75, 3.05) is 13.1 Å². The van der Waals surface area contributed by atoms with Gasteiger partial charge in [-0.25, -0.2) is 9.99 Å². The fourth-order valence-corrected chi connectivity index (χ4v) is 1.95. The van der Waals surface area contributed by atoms with Gasteiger partial charge in [-0.15, -0.1) is 0 Å². The molecule has 1 N–H and O–H groups in total. The number of rotatable bonds is 2. The van der Waals surface area contributed by atoms with Crippen LogP contribution in [0.4, 0.5) is 0 Å². The van der Waals surface area contributed by atoms with Gasteiger partial charge in [0.05, 0.1) is 0 Å². The number of hydrogen-bond acceptors (Lipinski definition) is 3. The van der Waals surface area contributed by atoms with Gasteiger partial charge in [-0.2, -0.15) is 0 Å². The molecule has 5 heteroatoms. The Kier molecular flexibility index (Phi) is 3.90. The molecule has 0 bridgehead atoms. The number of pyridine rings is 1. The first-order valence-electron chi connectivity index (χ1n) is 5.43. The summed E-state index contributed by atoms with van der Waals surface area (Å²) in [5.74, 6) is -0.130. The van der Waals surface area contributed by atoms with Gasteiger partial charge in [-0.05, 0) is 40.9 Å². The van der Waals surface area contributed by atoms with Gasteiger partial charge in [-0.1, -0.05) is 6.42 Å². The number of amides is 1. The van der Waals surface area contributed by atoms with Gasteiger partial charge in [-0.3, -0.25) is 10.2 Å². The molecule has 0 unspecified atom stereocenters. The highest BCUT2D eigenvalue weighted by atomic mass is 79.9. The van der Waals surface area contributed by atoms with Crippen molar-refractivity contribution in [2.24, 2.45) is 0 Å². The average Bonchev–Trinajstić information content (AvgIpc) is 2.31. The smallest absolute Gasteiger partial charge is 0.283 e. The molecular weight excluding hydrogens is 270 g/mol. The average molecular weight is 284 g/mol. The molecule has 1 aliphatic rings. The maximum Gasteiger partial charge on any atom is 0.284 e. The Labute approximate surface area is 103 Å². The van der Waals surface area contributed by atoms with E-state index in [0.717, 1.165) is 30.4 Å². The van der Waals surface area contributed by atoms with E-state index in [0.29, 0.717) is 5.69 Å². The van der Waals surface area contributed by atoms with Gasteiger partial charge in [0.15, 0.2) is 0 Å². The van der Waals surface area contributed by atoms with Crippen molar-refractivity contribution in [3.05, 3.63) is 28.5 Å². The second kappa shape index (κ2) is 5.41. The van der Waals surface area contributed by atoms with E-state index in [1.54, 1.807) is 12.3 Å². The van der Waals surface area contributed by atoms with Crippen molar-refractivity contribution < 1.29 is 4.79 Å². The van der Waals surface area contributed by atoms with Gasteiger partial charge in [0.1, 0.15) is 5.69 Å². The van der Waals surface area contributed by atoms with Gasteiger partial charge in [0, 0.05) is 23.8 Å². The number of aromatic nitrogens is 1. The molecule has 0 spiro atoms. The lowest BCUT2D eigenvalue weighted by atomic mass is 10.2. The van der Waals surface area contributed by atoms with Crippen molar-refractivity contribution >= 4 is 21.8 Å². The topological polar surface area (TPSA) is 45.2 Å². The molecule has 0 aliphatic carbocycles. The molecule has 86 valence electrons. The molecular formula is C11H14BrN3O. The highest BCUT2D eigenvalue weighted by Gasteiger charge is 2.14. The Morgan fingerprint density at radius 2 is 2.06 bits per heavy atom. The molecule has 0 atom stereocenters. The number of carbonyl (C=O) groups excluding carboxylic acids is 1. The molecule has 1 fully saturated rings. The fraction of sp³-hybridized carbons (Fsp3) is 0.455. The SMILES string of the molecule is O=C(NN1CCCCC1)c1ccc(Br)cn1. The maximum absolute atomic E-state index is 11.8. The van der Waals surface area contributed by atoms with Crippen molar-refractivity contribution in [3.8, 4) is 0 Å². The monoisotopic (exact) mass is 283 g/mol. The Morgan fingerprint density at radius 3 is 2.69 bits per heavy atom. The Morgan fingerprint density at radius 1 is 1.31 bits per heavy atom. The third kappa shape index (κ3) is 3.02. The first-order chi connectivity index (χ1) is 7.75. The minimum absolute atomic E-state index is 0.130. The number of nitrogens with zero attached hydrogens (tertiary/aromatic N) is 2. The van der Waals surface area contributed by atoms with E-state index in [-0.39, 0.29) is 5.91 Å². The van der Waals surface area contributed by atoms with Crippen LogP contribution in [0, 0.1) is 0 Å². The van der Waals surface area contributed by atoms with Crippen LogP contribution in [-0.2, 0) is 0 Å². The molecule has 2 heterocycles. The van der Waals surface area contributed by atoms with Crippen molar-refractivity contribution in [1.29, 1.82) is 0 Å². The van der Waals surface area contributed by atoms with Gasteiger partial charge in [0.2, 0.25) is 0 Å². The van der Waals surface area contributed by atoms with Gasteiger partial charge >= 0.3 is 0 Å². The summed E-state index contributed by atoms with van der Waals surface area (Å²) in [7, 11) is 0. The quantitative estimate of drug-likeness (QED) is 0.903. The fourth-order valence-electron chi connectivity index (χ4n) is 1.72. The molecule has 1 saturated heterocycles. The summed E-state index contributed by atoms with van der Waals surface area (Å²) in [5.41, 5.74) is 3.32. The van der Waals surface area contributed by atoms with E-state index < -0.39 is 0 Å². The summed E-state index contributed by atoms with van der Waals surface area (Å²) in [6.07, 6.45) is 5.18. The third-order valence-corrected chi connectivity index (χ3v) is 3.04. The standard InChI is InChI=1S/C11H14BrN3O/c12-9-4-5-10(13-8-9)11(16)14-15-6-2-1-3-7-15/h4-5,8H,1-3,6-7H2,(H,14,16). The Hall–Kier alpha value is -0.940. The third-order valence-electron chi connectivity index (χ3n) is 2.58. The highest BCUT2D eigenvalue weighted by molar-refractivity contribution is 9.10. The van der Waals surface area contributed by atoms with Crippen LogP contribution in [0.15, 0.2) is 22.8 Å². The molecule has 16 heavy (non-hydrogen) atoms. The Balaban J connectivity index is 1.94. The van der Waals surface area contributed by atoms with Crippen molar-refractivity contribution in [3.63, 3.8) is 0 Å². The van der Waals surface area contributed by atoms with Crippen LogP contribution in [0.2, 0.25) is 0 Å². The van der Waals surface area contributed by atoms with Gasteiger partial charge in [0.25, 0.3) is 5.91 Å². The summed E-state index contributed by atoms with van der Waals surface area (Å²) in [6.45, 7) is 1.87. The lowest BCUT2D eigenvalue weighted by Crippen LogP contribution is -2.45. The zero-order valence-electron chi connectivity index (χ0n) is 8.95. The van der Waals surface area contributed by atoms with Crippen LogP contribution >= 0.6 is 15.9 Å². The summed E-state index contributed by atoms with van der Waals surface area (Å²) in [5, 5.41) is 1.97. The molecule has 1 aromatic rings. The number of hydrazine groups is 1. The lowest BCUT2D eigenvalue weighted by Gasteiger charge is -2.26. The van der Waals surface area contributed by atoms with E-state index in [1.165, 1.54) is 6.42 Å². The largest absolute Gasteiger partial charge is 0.284 e. The minimum atomic E-state index is -0.130. The van der Waals surface area contributed by atoms with Crippen molar-refractivity contribution in [1.82, 2.24) is 15.4 Å². The molecule has 0 aromatic carbocycles. The summed E-state index contributed by atoms with van der Waals surface area (Å²) in [4.78, 5) is 15.9. The Bertz CT molecular complexity index is 360. The summed E-state index contributed by atoms with van der Waals surface area (Å²) >= 11 is 3.29. The molecule has 1 aliphatic heterocycles. The van der Waals surface area contributed by atoms with Crippen LogP contribution in [-0.4, -0.2) is 29.0 Å². The van der Waals surface area contributed by atoms with Crippen LogP contribution in [0.25, 0.3) is 0 Å². The number of hydrogen-bond donors (Lipinski definition) is 1. The summed E-state index contributed by atoms with van der Waals surface area (Å²) < 4.78 is 0.877. The normalized spacial score (nSPS) is 17.1. The number of nitrogens with one attached hydrogen (secondary N) is 1. The number of halogens is 1. The van der Waals surface area contributed by atoms with Crippen LogP contribution in [0.5, 0.6) is 0 Å². The molecule has 1 aromatic heterocycles. The van der Waals surface area contributed by atoms with E-state index in [9.17, 15) is 4.79 Å². The predicted molar refractivity (Wildman–Crippen MR) is 64.8 cm³/mol. The van der Waals surface area contributed by atoms with Crippen LogP contribution < -0.4 is 5.43 Å². The van der Waals surface area contributed by atoms with E-state index in [1.807, 2.05) is 11.1 Å². The highest BCUT2D eigenvalue weighted by Crippen LogP contribution is 2.09. The zero-order valence-corrected chi connectivity index (χ0v) is 10.5. The molecule has 1 amide bonds. The lowest BCUT2D eigenvalue weighted by molar-refractivity contribution is 0.0745. The van der Waals surface area contributed by atoms with E-state index in [2.05, 4.69) is 26.3 Å². The van der Waals surface area contributed by atoms with E-state index >= 15 is 0 Å². The second-order valence-corrected chi connectivity index (χ2v) is 4.77. The minimum Gasteiger partial charge on any atom is -0.283 e. The number of carbonyl (C=O) groups is 1. The molecule has 2 rings (SSSR count). The predicted octanol–water partition coefficient (Wildman–Crippen LogP) is 1.97. The second-order valence-electron chi connectivity index (χ2n) is 3.85. The zero-order chi connectivity index (χ0) is 11.4.